The summed E-state index contributed by atoms with van der Waals surface area (Å²) in [6, 6.07) is 12.0. The van der Waals surface area contributed by atoms with E-state index < -0.39 is 15.7 Å². The van der Waals surface area contributed by atoms with Crippen molar-refractivity contribution in [3.63, 3.8) is 0 Å². The van der Waals surface area contributed by atoms with Crippen LogP contribution in [0.2, 0.25) is 0 Å². The summed E-state index contributed by atoms with van der Waals surface area (Å²) >= 11 is 1.68. The molecule has 0 N–H and O–H groups in total. The van der Waals surface area contributed by atoms with E-state index in [1.165, 1.54) is 36.5 Å². The Morgan fingerprint density at radius 1 is 1.22 bits per heavy atom. The smallest absolute Gasteiger partial charge is 0.210 e. The van der Waals surface area contributed by atoms with Gasteiger partial charge in [0.2, 0.25) is 9.84 Å². The zero-order valence-electron chi connectivity index (χ0n) is 14.1. The van der Waals surface area contributed by atoms with Crippen molar-refractivity contribution in [1.29, 1.82) is 5.26 Å². The van der Waals surface area contributed by atoms with Gasteiger partial charge in [0.15, 0.2) is 0 Å². The number of nitrogens with zero attached hydrogens (tertiary/aromatic N) is 3. The summed E-state index contributed by atoms with van der Waals surface area (Å²) in [4.78, 5) is 6.23. The van der Waals surface area contributed by atoms with Gasteiger partial charge in [0.25, 0.3) is 0 Å². The summed E-state index contributed by atoms with van der Waals surface area (Å²) < 4.78 is 40.6. The highest BCUT2D eigenvalue weighted by atomic mass is 32.2. The number of fused-ring (bicyclic) bond motifs is 1. The first-order valence-corrected chi connectivity index (χ1v) is 10.8. The number of halogens is 1. The van der Waals surface area contributed by atoms with Gasteiger partial charge in [0.1, 0.15) is 10.7 Å². The van der Waals surface area contributed by atoms with Crippen molar-refractivity contribution in [2.75, 3.05) is 23.1 Å². The molecule has 0 spiro atoms. The van der Waals surface area contributed by atoms with Crippen LogP contribution in [0.5, 0.6) is 0 Å². The quantitative estimate of drug-likeness (QED) is 0.670. The Kier molecular flexibility index (Phi) is 4.50. The third-order valence-electron chi connectivity index (χ3n) is 4.40. The van der Waals surface area contributed by atoms with Crippen LogP contribution in [0.3, 0.4) is 0 Å². The average molecular weight is 399 g/mol. The molecule has 5 nitrogen and oxygen atoms in total. The standard InChI is InChI=1S/C19H14FN3O2S2/c20-14-4-5-17-16(9-14)19(23-6-7-26-12-23)18(11-22-17)27(24,25)15-3-1-2-13(8-15)10-21/h1-5,8-9,11H,6-7,12H2. The second-order valence-electron chi connectivity index (χ2n) is 6.08. The van der Waals surface area contributed by atoms with Crippen LogP contribution < -0.4 is 4.90 Å². The van der Waals surface area contributed by atoms with Gasteiger partial charge in [-0.2, -0.15) is 5.26 Å². The van der Waals surface area contributed by atoms with Gasteiger partial charge in [-0.15, -0.1) is 11.8 Å². The monoisotopic (exact) mass is 399 g/mol. The van der Waals surface area contributed by atoms with Crippen LogP contribution in [0.25, 0.3) is 10.9 Å². The Morgan fingerprint density at radius 3 is 2.81 bits per heavy atom. The third kappa shape index (κ3) is 3.13. The molecule has 0 bridgehead atoms. The Labute approximate surface area is 160 Å². The number of hydrogen-bond donors (Lipinski definition) is 0. The first kappa shape index (κ1) is 17.8. The van der Waals surface area contributed by atoms with Crippen LogP contribution in [0.4, 0.5) is 10.1 Å². The number of aromatic nitrogens is 1. The molecule has 1 saturated heterocycles. The fourth-order valence-electron chi connectivity index (χ4n) is 3.11. The topological polar surface area (TPSA) is 74.1 Å². The van der Waals surface area contributed by atoms with Crippen molar-refractivity contribution in [3.8, 4) is 6.07 Å². The Bertz CT molecular complexity index is 1180. The van der Waals surface area contributed by atoms with Crippen molar-refractivity contribution in [2.24, 2.45) is 0 Å². The highest BCUT2D eigenvalue weighted by Gasteiger charge is 2.28. The number of nitriles is 1. The lowest BCUT2D eigenvalue weighted by atomic mass is 10.1. The normalized spacial score (nSPS) is 14.4. The molecule has 0 radical (unpaired) electrons. The summed E-state index contributed by atoms with van der Waals surface area (Å²) in [6.45, 7) is 0.668. The van der Waals surface area contributed by atoms with Crippen LogP contribution in [0.1, 0.15) is 5.56 Å². The second kappa shape index (κ2) is 6.83. The van der Waals surface area contributed by atoms with Crippen molar-refractivity contribution in [3.05, 3.63) is 60.0 Å². The maximum Gasteiger partial charge on any atom is 0.210 e. The van der Waals surface area contributed by atoms with Gasteiger partial charge in [-0.3, -0.25) is 4.98 Å². The van der Waals surface area contributed by atoms with E-state index in [-0.39, 0.29) is 15.4 Å². The molecule has 2 aromatic carbocycles. The molecule has 27 heavy (non-hydrogen) atoms. The summed E-state index contributed by atoms with van der Waals surface area (Å²) in [5.41, 5.74) is 1.26. The van der Waals surface area contributed by atoms with Gasteiger partial charge in [-0.05, 0) is 36.4 Å². The van der Waals surface area contributed by atoms with Gasteiger partial charge in [-0.25, -0.2) is 12.8 Å². The van der Waals surface area contributed by atoms with Crippen molar-refractivity contribution in [1.82, 2.24) is 4.98 Å². The summed E-state index contributed by atoms with van der Waals surface area (Å²) in [7, 11) is -3.93. The van der Waals surface area contributed by atoms with Crippen LogP contribution in [0, 0.1) is 17.1 Å². The molecule has 136 valence electrons. The fraction of sp³-hybridized carbons (Fsp3) is 0.158. The van der Waals surface area contributed by atoms with Crippen molar-refractivity contribution >= 4 is 38.2 Å². The summed E-state index contributed by atoms with van der Waals surface area (Å²) in [5, 5.41) is 9.56. The predicted octanol–water partition coefficient (Wildman–Crippen LogP) is 3.59. The molecule has 1 aliphatic rings. The van der Waals surface area contributed by atoms with E-state index in [1.807, 2.05) is 11.0 Å². The lowest BCUT2D eigenvalue weighted by Gasteiger charge is -2.22. The SMILES string of the molecule is N#Cc1cccc(S(=O)(=O)c2cnc3ccc(F)cc3c2N2CCSC2)c1. The first-order chi connectivity index (χ1) is 13.0. The number of hydrogen-bond acceptors (Lipinski definition) is 6. The Hall–Kier alpha value is -2.63. The molecular weight excluding hydrogens is 385 g/mol. The minimum atomic E-state index is -3.93. The van der Waals surface area contributed by atoms with Gasteiger partial charge in [0, 0.05) is 23.9 Å². The average Bonchev–Trinajstić information content (AvgIpc) is 3.21. The predicted molar refractivity (Wildman–Crippen MR) is 103 cm³/mol. The maximum absolute atomic E-state index is 13.9. The molecule has 1 aromatic heterocycles. The van der Waals surface area contributed by atoms with Crippen LogP contribution >= 0.6 is 11.8 Å². The summed E-state index contributed by atoms with van der Waals surface area (Å²) in [5.74, 6) is 1.04. The second-order valence-corrected chi connectivity index (χ2v) is 9.07. The van der Waals surface area contributed by atoms with Crippen LogP contribution in [0.15, 0.2) is 58.5 Å². The molecule has 1 fully saturated rings. The van der Waals surface area contributed by atoms with E-state index in [2.05, 4.69) is 4.98 Å². The molecular formula is C19H14FN3O2S2. The van der Waals surface area contributed by atoms with Gasteiger partial charge < -0.3 is 4.90 Å². The molecule has 0 atom stereocenters. The van der Waals surface area contributed by atoms with E-state index in [0.29, 0.717) is 29.0 Å². The summed E-state index contributed by atoms with van der Waals surface area (Å²) in [6.07, 6.45) is 1.33. The molecule has 0 amide bonds. The molecule has 0 unspecified atom stereocenters. The van der Waals surface area contributed by atoms with Gasteiger partial charge in [0.05, 0.1) is 33.6 Å². The molecule has 1 aliphatic heterocycles. The minimum absolute atomic E-state index is 0.0206. The largest absolute Gasteiger partial charge is 0.360 e. The van der Waals surface area contributed by atoms with Gasteiger partial charge >= 0.3 is 0 Å². The van der Waals surface area contributed by atoms with E-state index in [4.69, 9.17) is 5.26 Å². The highest BCUT2D eigenvalue weighted by Crippen LogP contribution is 2.38. The lowest BCUT2D eigenvalue weighted by Crippen LogP contribution is -2.21. The number of pyridine rings is 1. The maximum atomic E-state index is 13.9. The highest BCUT2D eigenvalue weighted by molar-refractivity contribution is 7.99. The van der Waals surface area contributed by atoms with Crippen molar-refractivity contribution < 1.29 is 12.8 Å². The van der Waals surface area contributed by atoms with Crippen molar-refractivity contribution in [2.45, 2.75) is 9.79 Å². The number of sulfone groups is 1. The van der Waals surface area contributed by atoms with E-state index in [0.717, 1.165) is 5.75 Å². The molecule has 8 heteroatoms. The van der Waals surface area contributed by atoms with E-state index >= 15 is 0 Å². The molecule has 4 rings (SSSR count). The molecule has 3 aromatic rings. The number of benzene rings is 2. The molecule has 2 heterocycles. The van der Waals surface area contributed by atoms with Crippen LogP contribution in [-0.4, -0.2) is 31.6 Å². The zero-order valence-corrected chi connectivity index (χ0v) is 15.7. The zero-order chi connectivity index (χ0) is 19.0. The van der Waals surface area contributed by atoms with E-state index in [9.17, 15) is 12.8 Å². The minimum Gasteiger partial charge on any atom is -0.360 e. The number of thioether (sulfide) groups is 1. The first-order valence-electron chi connectivity index (χ1n) is 8.17. The molecule has 0 saturated carbocycles. The fourth-order valence-corrected chi connectivity index (χ4v) is 5.54. The number of anilines is 1. The number of rotatable bonds is 3. The van der Waals surface area contributed by atoms with Crippen LogP contribution in [-0.2, 0) is 9.84 Å². The third-order valence-corrected chi connectivity index (χ3v) is 7.12. The Balaban J connectivity index is 2.00. The van der Waals surface area contributed by atoms with E-state index in [1.54, 1.807) is 23.9 Å². The van der Waals surface area contributed by atoms with Gasteiger partial charge in [-0.1, -0.05) is 6.07 Å². The lowest BCUT2D eigenvalue weighted by molar-refractivity contribution is 0.595. The molecule has 0 aliphatic carbocycles. The Morgan fingerprint density at radius 2 is 2.07 bits per heavy atom.